The van der Waals surface area contributed by atoms with E-state index in [0.29, 0.717) is 16.3 Å². The SMILES string of the molecule is COc1ccccc1/C=C/C(=O)OCC(=O)c1ccccc1Cl. The lowest BCUT2D eigenvalue weighted by Gasteiger charge is -2.04. The monoisotopic (exact) mass is 330 g/mol. The summed E-state index contributed by atoms with van der Waals surface area (Å²) in [5.74, 6) is -0.324. The van der Waals surface area contributed by atoms with Gasteiger partial charge in [-0.05, 0) is 24.3 Å². The minimum Gasteiger partial charge on any atom is -0.496 e. The molecule has 0 saturated heterocycles. The topological polar surface area (TPSA) is 52.6 Å². The fourth-order valence-corrected chi connectivity index (χ4v) is 2.15. The first-order valence-electron chi connectivity index (χ1n) is 6.87. The molecule has 4 nitrogen and oxygen atoms in total. The van der Waals surface area contributed by atoms with Crippen molar-refractivity contribution in [1.29, 1.82) is 0 Å². The molecule has 2 aromatic carbocycles. The molecule has 0 N–H and O–H groups in total. The van der Waals surface area contributed by atoms with Crippen LogP contribution >= 0.6 is 11.6 Å². The van der Waals surface area contributed by atoms with E-state index in [1.165, 1.54) is 6.08 Å². The third-order valence-corrected chi connectivity index (χ3v) is 3.39. The zero-order valence-electron chi connectivity index (χ0n) is 12.5. The second-order valence-electron chi connectivity index (χ2n) is 4.59. The van der Waals surface area contributed by atoms with Crippen molar-refractivity contribution in [2.24, 2.45) is 0 Å². The Morgan fingerprint density at radius 2 is 1.78 bits per heavy atom. The van der Waals surface area contributed by atoms with Crippen LogP contribution in [0.25, 0.3) is 6.08 Å². The zero-order chi connectivity index (χ0) is 16.7. The molecule has 118 valence electrons. The van der Waals surface area contributed by atoms with Crippen LogP contribution in [-0.4, -0.2) is 25.5 Å². The fraction of sp³-hybridized carbons (Fsp3) is 0.111. The predicted molar refractivity (Wildman–Crippen MR) is 88.8 cm³/mol. The van der Waals surface area contributed by atoms with Gasteiger partial charge in [0.1, 0.15) is 5.75 Å². The summed E-state index contributed by atoms with van der Waals surface area (Å²) in [6.07, 6.45) is 2.82. The van der Waals surface area contributed by atoms with Gasteiger partial charge in [0.05, 0.1) is 12.1 Å². The Morgan fingerprint density at radius 3 is 2.52 bits per heavy atom. The Labute approximate surface area is 139 Å². The number of ether oxygens (including phenoxy) is 2. The van der Waals surface area contributed by atoms with E-state index in [1.807, 2.05) is 12.1 Å². The van der Waals surface area contributed by atoms with E-state index in [4.69, 9.17) is 21.1 Å². The van der Waals surface area contributed by atoms with Gasteiger partial charge in [-0.1, -0.05) is 41.9 Å². The van der Waals surface area contributed by atoms with Gasteiger partial charge in [0.25, 0.3) is 0 Å². The minimum atomic E-state index is -0.615. The molecule has 2 aromatic rings. The molecule has 0 atom stereocenters. The number of carbonyl (C=O) groups excluding carboxylic acids is 2. The first-order valence-corrected chi connectivity index (χ1v) is 7.25. The van der Waals surface area contributed by atoms with Gasteiger partial charge in [-0.3, -0.25) is 4.79 Å². The van der Waals surface area contributed by atoms with Crippen LogP contribution in [0, 0.1) is 0 Å². The Balaban J connectivity index is 1.94. The summed E-state index contributed by atoms with van der Waals surface area (Å²) < 4.78 is 10.1. The molecule has 0 bridgehead atoms. The van der Waals surface area contributed by atoms with Gasteiger partial charge >= 0.3 is 5.97 Å². The summed E-state index contributed by atoms with van der Waals surface area (Å²) in [5, 5.41) is 0.332. The maximum atomic E-state index is 11.9. The van der Waals surface area contributed by atoms with Crippen LogP contribution in [0.15, 0.2) is 54.6 Å². The number of esters is 1. The van der Waals surface area contributed by atoms with Gasteiger partial charge in [-0.25, -0.2) is 4.79 Å². The quantitative estimate of drug-likeness (QED) is 0.459. The van der Waals surface area contributed by atoms with Crippen molar-refractivity contribution in [2.45, 2.75) is 0 Å². The van der Waals surface area contributed by atoms with Crippen LogP contribution in [0.5, 0.6) is 5.75 Å². The van der Waals surface area contributed by atoms with Crippen molar-refractivity contribution >= 4 is 29.4 Å². The summed E-state index contributed by atoms with van der Waals surface area (Å²) in [5.41, 5.74) is 1.07. The molecular formula is C18H15ClO4. The van der Waals surface area contributed by atoms with Gasteiger partial charge < -0.3 is 9.47 Å². The maximum Gasteiger partial charge on any atom is 0.331 e. The standard InChI is InChI=1S/C18H15ClO4/c1-22-17-9-5-2-6-13(17)10-11-18(21)23-12-16(20)14-7-3-4-8-15(14)19/h2-11H,12H2,1H3/b11-10+. The van der Waals surface area contributed by atoms with Crippen LogP contribution in [0.4, 0.5) is 0 Å². The number of benzene rings is 2. The largest absolute Gasteiger partial charge is 0.496 e. The molecule has 0 radical (unpaired) electrons. The molecule has 0 heterocycles. The Morgan fingerprint density at radius 1 is 1.09 bits per heavy atom. The number of carbonyl (C=O) groups is 2. The number of hydrogen-bond donors (Lipinski definition) is 0. The van der Waals surface area contributed by atoms with E-state index in [1.54, 1.807) is 49.6 Å². The first-order chi connectivity index (χ1) is 11.1. The van der Waals surface area contributed by atoms with E-state index in [-0.39, 0.29) is 12.4 Å². The first kappa shape index (κ1) is 16.8. The van der Waals surface area contributed by atoms with Crippen LogP contribution in [0.2, 0.25) is 5.02 Å². The molecular weight excluding hydrogens is 316 g/mol. The van der Waals surface area contributed by atoms with Crippen LogP contribution < -0.4 is 4.74 Å². The molecule has 0 aliphatic heterocycles. The number of Topliss-reactive ketones (excluding diaryl/α,β-unsaturated/α-hetero) is 1. The molecule has 23 heavy (non-hydrogen) atoms. The molecule has 0 saturated carbocycles. The summed E-state index contributed by atoms with van der Waals surface area (Å²) in [6.45, 7) is -0.362. The third-order valence-electron chi connectivity index (χ3n) is 3.06. The van der Waals surface area contributed by atoms with Crippen LogP contribution in [0.3, 0.4) is 0 Å². The highest BCUT2D eigenvalue weighted by Gasteiger charge is 2.11. The second kappa shape index (κ2) is 8.15. The average Bonchev–Trinajstić information content (AvgIpc) is 2.58. The van der Waals surface area contributed by atoms with Gasteiger partial charge in [0, 0.05) is 17.2 Å². The van der Waals surface area contributed by atoms with Gasteiger partial charge in [-0.2, -0.15) is 0 Å². The second-order valence-corrected chi connectivity index (χ2v) is 4.99. The number of para-hydroxylation sites is 1. The van der Waals surface area contributed by atoms with Crippen molar-refractivity contribution < 1.29 is 19.1 Å². The number of halogens is 1. The summed E-state index contributed by atoms with van der Waals surface area (Å²) in [7, 11) is 1.55. The lowest BCUT2D eigenvalue weighted by molar-refractivity contribution is -0.136. The highest BCUT2D eigenvalue weighted by Crippen LogP contribution is 2.19. The zero-order valence-corrected chi connectivity index (χ0v) is 13.2. The molecule has 0 spiro atoms. The molecule has 0 aliphatic carbocycles. The van der Waals surface area contributed by atoms with E-state index in [9.17, 15) is 9.59 Å². The Hall–Kier alpha value is -2.59. The molecule has 5 heteroatoms. The van der Waals surface area contributed by atoms with E-state index < -0.39 is 5.97 Å². The molecule has 0 amide bonds. The molecule has 0 unspecified atom stereocenters. The van der Waals surface area contributed by atoms with E-state index >= 15 is 0 Å². The maximum absolute atomic E-state index is 11.9. The van der Waals surface area contributed by atoms with E-state index in [2.05, 4.69) is 0 Å². The molecule has 0 aliphatic rings. The lowest BCUT2D eigenvalue weighted by atomic mass is 10.1. The van der Waals surface area contributed by atoms with Crippen molar-refractivity contribution in [3.8, 4) is 5.75 Å². The van der Waals surface area contributed by atoms with Crippen molar-refractivity contribution in [3.05, 3.63) is 70.8 Å². The van der Waals surface area contributed by atoms with Crippen molar-refractivity contribution in [1.82, 2.24) is 0 Å². The number of methoxy groups -OCH3 is 1. The Kier molecular flexibility index (Phi) is 5.94. The number of ketones is 1. The average molecular weight is 331 g/mol. The number of hydrogen-bond acceptors (Lipinski definition) is 4. The molecule has 2 rings (SSSR count). The smallest absolute Gasteiger partial charge is 0.331 e. The predicted octanol–water partition coefficient (Wildman–Crippen LogP) is 3.79. The van der Waals surface area contributed by atoms with Gasteiger partial charge in [0.2, 0.25) is 5.78 Å². The van der Waals surface area contributed by atoms with E-state index in [0.717, 1.165) is 5.56 Å². The van der Waals surface area contributed by atoms with Crippen molar-refractivity contribution in [2.75, 3.05) is 13.7 Å². The third kappa shape index (κ3) is 4.69. The number of rotatable bonds is 6. The Bertz CT molecular complexity index is 737. The summed E-state index contributed by atoms with van der Waals surface area (Å²) >= 11 is 5.92. The highest BCUT2D eigenvalue weighted by molar-refractivity contribution is 6.34. The summed E-state index contributed by atoms with van der Waals surface area (Å²) in [4.78, 5) is 23.6. The van der Waals surface area contributed by atoms with Gasteiger partial charge in [0.15, 0.2) is 6.61 Å². The van der Waals surface area contributed by atoms with Gasteiger partial charge in [-0.15, -0.1) is 0 Å². The minimum absolute atomic E-state index is 0.329. The van der Waals surface area contributed by atoms with Crippen LogP contribution in [-0.2, 0) is 9.53 Å². The van der Waals surface area contributed by atoms with Crippen molar-refractivity contribution in [3.63, 3.8) is 0 Å². The molecule has 0 aromatic heterocycles. The fourth-order valence-electron chi connectivity index (χ4n) is 1.91. The summed E-state index contributed by atoms with van der Waals surface area (Å²) in [6, 6.07) is 13.9. The lowest BCUT2D eigenvalue weighted by Crippen LogP contribution is -2.12. The van der Waals surface area contributed by atoms with Crippen LogP contribution in [0.1, 0.15) is 15.9 Å². The highest BCUT2D eigenvalue weighted by atomic mass is 35.5. The normalized spacial score (nSPS) is 10.5. The molecule has 0 fully saturated rings.